The summed E-state index contributed by atoms with van der Waals surface area (Å²) in [7, 11) is 0. The van der Waals surface area contributed by atoms with Gasteiger partial charge in [0.2, 0.25) is 0 Å². The Morgan fingerprint density at radius 3 is 2.69 bits per heavy atom. The minimum Gasteiger partial charge on any atom is -0.486 e. The molecule has 2 aromatic rings. The van der Waals surface area contributed by atoms with Crippen molar-refractivity contribution in [1.29, 1.82) is 0 Å². The highest BCUT2D eigenvalue weighted by Crippen LogP contribution is 2.16. The number of halogens is 2. The average molecular weight is 221 g/mol. The van der Waals surface area contributed by atoms with Crippen LogP contribution in [0, 0.1) is 11.6 Å². The largest absolute Gasteiger partial charge is 0.486 e. The maximum absolute atomic E-state index is 13.2. The second-order valence-corrected chi connectivity index (χ2v) is 3.23. The van der Waals surface area contributed by atoms with Gasteiger partial charge >= 0.3 is 0 Å². The summed E-state index contributed by atoms with van der Waals surface area (Å²) < 4.78 is 31.1. The zero-order valence-electron chi connectivity index (χ0n) is 8.36. The summed E-state index contributed by atoms with van der Waals surface area (Å²) in [6, 6.07) is 7.36. The van der Waals surface area contributed by atoms with Gasteiger partial charge in [0, 0.05) is 11.8 Å². The van der Waals surface area contributed by atoms with Crippen molar-refractivity contribution in [3.8, 4) is 5.75 Å². The molecule has 82 valence electrons. The van der Waals surface area contributed by atoms with Crippen molar-refractivity contribution in [2.24, 2.45) is 0 Å². The average Bonchev–Trinajstić information content (AvgIpc) is 2.28. The molecule has 0 fully saturated rings. The van der Waals surface area contributed by atoms with Gasteiger partial charge < -0.3 is 4.74 Å². The number of nitrogens with zero attached hydrogens (tertiary/aromatic N) is 1. The molecule has 0 aliphatic heterocycles. The van der Waals surface area contributed by atoms with Crippen molar-refractivity contribution in [3.05, 3.63) is 59.9 Å². The molecule has 2 rings (SSSR count). The molecule has 1 heterocycles. The summed E-state index contributed by atoms with van der Waals surface area (Å²) in [5.41, 5.74) is 0.559. The number of ether oxygens (including phenoxy) is 1. The van der Waals surface area contributed by atoms with Crippen LogP contribution in [0.25, 0.3) is 0 Å². The summed E-state index contributed by atoms with van der Waals surface area (Å²) in [4.78, 5) is 3.67. The zero-order chi connectivity index (χ0) is 11.4. The molecule has 0 unspecified atom stereocenters. The third-order valence-corrected chi connectivity index (χ3v) is 1.99. The number of pyridine rings is 1. The normalized spacial score (nSPS) is 10.1. The van der Waals surface area contributed by atoms with Gasteiger partial charge in [0.25, 0.3) is 0 Å². The molecule has 0 bridgehead atoms. The summed E-state index contributed by atoms with van der Waals surface area (Å²) in [6.45, 7) is 0.0890. The second kappa shape index (κ2) is 4.70. The van der Waals surface area contributed by atoms with Gasteiger partial charge in [0.1, 0.15) is 12.4 Å². The lowest BCUT2D eigenvalue weighted by molar-refractivity contribution is 0.289. The Hall–Kier alpha value is -1.97. The predicted octanol–water partition coefficient (Wildman–Crippen LogP) is 2.94. The highest BCUT2D eigenvalue weighted by Gasteiger charge is 2.02. The van der Waals surface area contributed by atoms with Crippen LogP contribution in [0.3, 0.4) is 0 Å². The first-order valence-electron chi connectivity index (χ1n) is 4.72. The molecule has 2 nitrogen and oxygen atoms in total. The van der Waals surface area contributed by atoms with Crippen LogP contribution in [0.5, 0.6) is 5.75 Å². The monoisotopic (exact) mass is 221 g/mol. The van der Waals surface area contributed by atoms with E-state index in [0.717, 1.165) is 6.20 Å². The van der Waals surface area contributed by atoms with E-state index in [0.29, 0.717) is 5.56 Å². The number of hydrogen-bond acceptors (Lipinski definition) is 2. The van der Waals surface area contributed by atoms with Gasteiger partial charge in [-0.15, -0.1) is 0 Å². The Kier molecular flexibility index (Phi) is 3.10. The van der Waals surface area contributed by atoms with Crippen LogP contribution < -0.4 is 4.74 Å². The lowest BCUT2D eigenvalue weighted by atomic mass is 10.3. The van der Waals surface area contributed by atoms with Crippen LogP contribution in [-0.2, 0) is 6.61 Å². The summed E-state index contributed by atoms with van der Waals surface area (Å²) in [5.74, 6) is -0.728. The van der Waals surface area contributed by atoms with Crippen LogP contribution in [0.1, 0.15) is 5.56 Å². The summed E-state index contributed by atoms with van der Waals surface area (Å²) >= 11 is 0. The van der Waals surface area contributed by atoms with E-state index < -0.39 is 11.6 Å². The van der Waals surface area contributed by atoms with Crippen molar-refractivity contribution in [2.45, 2.75) is 6.61 Å². The third kappa shape index (κ3) is 2.53. The molecule has 16 heavy (non-hydrogen) atoms. The van der Waals surface area contributed by atoms with Crippen LogP contribution in [0.15, 0.2) is 42.7 Å². The van der Waals surface area contributed by atoms with Crippen molar-refractivity contribution in [1.82, 2.24) is 4.98 Å². The minimum absolute atomic E-state index is 0.0890. The summed E-state index contributed by atoms with van der Waals surface area (Å²) in [5, 5.41) is 0. The molecule has 0 spiro atoms. The van der Waals surface area contributed by atoms with Crippen molar-refractivity contribution < 1.29 is 13.5 Å². The highest BCUT2D eigenvalue weighted by molar-refractivity contribution is 5.24. The smallest absolute Gasteiger partial charge is 0.165 e. The molecular formula is C12H9F2NO. The van der Waals surface area contributed by atoms with Gasteiger partial charge in [-0.25, -0.2) is 8.78 Å². The third-order valence-electron chi connectivity index (χ3n) is 1.99. The lowest BCUT2D eigenvalue weighted by Crippen LogP contribution is -1.98. The Balaban J connectivity index is 2.05. The van der Waals surface area contributed by atoms with E-state index in [1.807, 2.05) is 0 Å². The fourth-order valence-electron chi connectivity index (χ4n) is 1.26. The molecule has 0 atom stereocenters. The second-order valence-electron chi connectivity index (χ2n) is 3.23. The van der Waals surface area contributed by atoms with E-state index in [4.69, 9.17) is 4.74 Å². The molecule has 1 aromatic heterocycles. The fraction of sp³-hybridized carbons (Fsp3) is 0.0833. The minimum atomic E-state index is -0.438. The molecule has 0 aliphatic carbocycles. The van der Waals surface area contributed by atoms with E-state index in [2.05, 4.69) is 4.98 Å². The lowest BCUT2D eigenvalue weighted by Gasteiger charge is -2.06. The van der Waals surface area contributed by atoms with Crippen molar-refractivity contribution >= 4 is 0 Å². The predicted molar refractivity (Wildman–Crippen MR) is 54.9 cm³/mol. The molecule has 0 N–H and O–H groups in total. The Labute approximate surface area is 91.5 Å². The maximum atomic E-state index is 13.2. The standard InChI is InChI=1S/C12H9F2NO/c13-10-5-9(6-15-7-10)8-16-12-4-2-1-3-11(12)14/h1-7H,8H2. The first kappa shape index (κ1) is 10.5. The first-order valence-corrected chi connectivity index (χ1v) is 4.72. The van der Waals surface area contributed by atoms with Crippen molar-refractivity contribution in [3.63, 3.8) is 0 Å². The van der Waals surface area contributed by atoms with Gasteiger partial charge in [-0.05, 0) is 18.2 Å². The van der Waals surface area contributed by atoms with E-state index in [1.54, 1.807) is 12.1 Å². The van der Waals surface area contributed by atoms with Gasteiger partial charge in [-0.2, -0.15) is 0 Å². The fourth-order valence-corrected chi connectivity index (χ4v) is 1.26. The van der Waals surface area contributed by atoms with Crippen LogP contribution in [-0.4, -0.2) is 4.98 Å². The Morgan fingerprint density at radius 1 is 1.12 bits per heavy atom. The van der Waals surface area contributed by atoms with E-state index in [-0.39, 0.29) is 12.4 Å². The quantitative estimate of drug-likeness (QED) is 0.795. The Morgan fingerprint density at radius 2 is 1.94 bits per heavy atom. The maximum Gasteiger partial charge on any atom is 0.165 e. The van der Waals surface area contributed by atoms with Gasteiger partial charge in [-0.1, -0.05) is 12.1 Å². The van der Waals surface area contributed by atoms with Crippen LogP contribution in [0.4, 0.5) is 8.78 Å². The van der Waals surface area contributed by atoms with E-state index >= 15 is 0 Å². The molecule has 0 saturated heterocycles. The molecular weight excluding hydrogens is 212 g/mol. The SMILES string of the molecule is Fc1cncc(COc2ccccc2F)c1. The molecule has 0 amide bonds. The highest BCUT2D eigenvalue weighted by atomic mass is 19.1. The zero-order valence-corrected chi connectivity index (χ0v) is 8.36. The number of benzene rings is 1. The molecule has 0 aliphatic rings. The number of para-hydroxylation sites is 1. The van der Waals surface area contributed by atoms with Crippen molar-refractivity contribution in [2.75, 3.05) is 0 Å². The first-order chi connectivity index (χ1) is 7.75. The number of aromatic nitrogens is 1. The molecule has 0 radical (unpaired) electrons. The molecule has 1 aromatic carbocycles. The number of hydrogen-bond donors (Lipinski definition) is 0. The van der Waals surface area contributed by atoms with E-state index in [1.165, 1.54) is 24.4 Å². The van der Waals surface area contributed by atoms with E-state index in [9.17, 15) is 8.78 Å². The molecule has 0 saturated carbocycles. The topological polar surface area (TPSA) is 22.1 Å². The van der Waals surface area contributed by atoms with Crippen LogP contribution in [0.2, 0.25) is 0 Å². The Bertz CT molecular complexity index is 488. The summed E-state index contributed by atoms with van der Waals surface area (Å²) in [6.07, 6.45) is 2.58. The van der Waals surface area contributed by atoms with Gasteiger partial charge in [0.05, 0.1) is 6.20 Å². The van der Waals surface area contributed by atoms with Gasteiger partial charge in [-0.3, -0.25) is 4.98 Å². The number of rotatable bonds is 3. The van der Waals surface area contributed by atoms with Crippen LogP contribution >= 0.6 is 0 Å². The van der Waals surface area contributed by atoms with Gasteiger partial charge in [0.15, 0.2) is 11.6 Å². The molecule has 4 heteroatoms.